The van der Waals surface area contributed by atoms with Gasteiger partial charge >= 0.3 is 5.97 Å². The van der Waals surface area contributed by atoms with Crippen LogP contribution in [0.4, 0.5) is 4.39 Å². The largest absolute Gasteiger partial charge is 0.468 e. The third-order valence-electron chi connectivity index (χ3n) is 3.26. The maximum atomic E-state index is 12.9. The number of methoxy groups -OCH3 is 1. The predicted octanol–water partition coefficient (Wildman–Crippen LogP) is 3.03. The Kier molecular flexibility index (Phi) is 5.57. The molecule has 3 nitrogen and oxygen atoms in total. The number of carbonyl (C=O) groups excluding carboxylic acids is 1. The molecule has 2 rings (SSSR count). The van der Waals surface area contributed by atoms with Crippen LogP contribution in [0.5, 0.6) is 0 Å². The van der Waals surface area contributed by atoms with Gasteiger partial charge in [-0.15, -0.1) is 11.8 Å². The van der Waals surface area contributed by atoms with E-state index in [1.165, 1.54) is 31.0 Å². The van der Waals surface area contributed by atoms with Gasteiger partial charge in [0, 0.05) is 17.1 Å². The summed E-state index contributed by atoms with van der Waals surface area (Å²) in [5.74, 6) is -0.396. The van der Waals surface area contributed by atoms with Crippen molar-refractivity contribution < 1.29 is 13.9 Å². The first-order chi connectivity index (χ1) is 10.5. The fourth-order valence-corrected chi connectivity index (χ4v) is 3.06. The van der Waals surface area contributed by atoms with E-state index in [1.807, 2.05) is 30.3 Å². The Bertz CT molecular complexity index is 618. The molecule has 0 amide bonds. The van der Waals surface area contributed by atoms with Gasteiger partial charge in [-0.1, -0.05) is 30.3 Å². The van der Waals surface area contributed by atoms with Gasteiger partial charge in [-0.3, -0.25) is 4.79 Å². The van der Waals surface area contributed by atoms with Crippen molar-refractivity contribution in [3.05, 3.63) is 66.0 Å². The van der Waals surface area contributed by atoms with Crippen LogP contribution >= 0.6 is 11.8 Å². The maximum absolute atomic E-state index is 12.9. The predicted molar refractivity (Wildman–Crippen MR) is 86.2 cm³/mol. The van der Waals surface area contributed by atoms with E-state index in [9.17, 15) is 9.18 Å². The molecule has 0 aliphatic carbocycles. The molecule has 2 aromatic rings. The molecule has 0 unspecified atom stereocenters. The zero-order valence-corrected chi connectivity index (χ0v) is 13.1. The molecule has 2 aromatic carbocycles. The highest BCUT2D eigenvalue weighted by atomic mass is 32.2. The minimum absolute atomic E-state index is 0.291. The molecule has 0 aliphatic rings. The Morgan fingerprint density at radius 3 is 2.41 bits per heavy atom. The van der Waals surface area contributed by atoms with Crippen molar-refractivity contribution in [3.8, 4) is 0 Å². The highest BCUT2D eigenvalue weighted by Crippen LogP contribution is 2.25. The molecule has 2 N–H and O–H groups in total. The summed E-state index contributed by atoms with van der Waals surface area (Å²) in [6.07, 6.45) is 0.384. The van der Waals surface area contributed by atoms with Gasteiger partial charge in [0.2, 0.25) is 0 Å². The van der Waals surface area contributed by atoms with Crippen molar-refractivity contribution in [2.45, 2.75) is 16.9 Å². The third-order valence-corrected chi connectivity index (χ3v) is 4.53. The molecule has 22 heavy (non-hydrogen) atoms. The van der Waals surface area contributed by atoms with Crippen LogP contribution in [0.25, 0.3) is 0 Å². The second-order valence-electron chi connectivity index (χ2n) is 5.05. The third kappa shape index (κ3) is 4.32. The molecule has 0 spiro atoms. The average Bonchev–Trinajstić information content (AvgIpc) is 2.54. The lowest BCUT2D eigenvalue weighted by Crippen LogP contribution is -2.53. The summed E-state index contributed by atoms with van der Waals surface area (Å²) in [4.78, 5) is 12.9. The minimum Gasteiger partial charge on any atom is -0.468 e. The second kappa shape index (κ2) is 7.42. The van der Waals surface area contributed by atoms with Crippen LogP contribution in [-0.2, 0) is 16.0 Å². The zero-order valence-electron chi connectivity index (χ0n) is 12.3. The Hall–Kier alpha value is -1.85. The van der Waals surface area contributed by atoms with E-state index in [0.717, 1.165) is 10.5 Å². The number of hydrogen-bond acceptors (Lipinski definition) is 4. The van der Waals surface area contributed by atoms with Crippen LogP contribution in [-0.4, -0.2) is 24.4 Å². The number of hydrogen-bond donors (Lipinski definition) is 1. The first kappa shape index (κ1) is 16.5. The van der Waals surface area contributed by atoms with E-state index in [1.54, 1.807) is 12.1 Å². The van der Waals surface area contributed by atoms with Crippen molar-refractivity contribution in [1.29, 1.82) is 0 Å². The number of halogens is 1. The van der Waals surface area contributed by atoms with Crippen LogP contribution in [0.15, 0.2) is 59.5 Å². The van der Waals surface area contributed by atoms with E-state index in [4.69, 9.17) is 10.5 Å². The summed E-state index contributed by atoms with van der Waals surface area (Å²) < 4.78 is 17.8. The zero-order chi connectivity index (χ0) is 16.0. The first-order valence-corrected chi connectivity index (χ1v) is 7.82. The minimum atomic E-state index is -1.13. The van der Waals surface area contributed by atoms with Gasteiger partial charge in [-0.2, -0.15) is 0 Å². The molecule has 5 heteroatoms. The molecular weight excluding hydrogens is 301 g/mol. The summed E-state index contributed by atoms with van der Waals surface area (Å²) >= 11 is 1.41. The van der Waals surface area contributed by atoms with Crippen molar-refractivity contribution in [3.63, 3.8) is 0 Å². The smallest absolute Gasteiger partial charge is 0.327 e. The fraction of sp³-hybridized carbons (Fsp3) is 0.235. The Balaban J connectivity index is 2.11. The quantitative estimate of drug-likeness (QED) is 0.657. The molecule has 0 heterocycles. The Morgan fingerprint density at radius 1 is 1.18 bits per heavy atom. The van der Waals surface area contributed by atoms with Crippen LogP contribution in [0.2, 0.25) is 0 Å². The van der Waals surface area contributed by atoms with Crippen LogP contribution in [0.3, 0.4) is 0 Å². The highest BCUT2D eigenvalue weighted by Gasteiger charge is 2.35. The molecule has 0 aliphatic heterocycles. The maximum Gasteiger partial charge on any atom is 0.327 e. The molecule has 1 atom stereocenters. The molecule has 0 fully saturated rings. The SMILES string of the molecule is COC(=O)[C@@](N)(CSc1ccc(F)cc1)Cc1ccccc1. The summed E-state index contributed by atoms with van der Waals surface area (Å²) in [6, 6.07) is 15.7. The number of thioether (sulfide) groups is 1. The van der Waals surface area contributed by atoms with Gasteiger partial charge < -0.3 is 10.5 Å². The molecule has 0 saturated carbocycles. The summed E-state index contributed by atoms with van der Waals surface area (Å²) in [5.41, 5.74) is 6.13. The van der Waals surface area contributed by atoms with Crippen molar-refractivity contribution in [2.75, 3.05) is 12.9 Å². The van der Waals surface area contributed by atoms with E-state index in [-0.39, 0.29) is 5.82 Å². The molecular formula is C17H18FNO2S. The van der Waals surface area contributed by atoms with Gasteiger partial charge in [0.15, 0.2) is 0 Å². The summed E-state index contributed by atoms with van der Waals surface area (Å²) in [5, 5.41) is 0. The van der Waals surface area contributed by atoms with E-state index < -0.39 is 11.5 Å². The van der Waals surface area contributed by atoms with Gasteiger partial charge in [0.25, 0.3) is 0 Å². The summed E-state index contributed by atoms with van der Waals surface area (Å²) in [6.45, 7) is 0. The van der Waals surface area contributed by atoms with Gasteiger partial charge in [-0.05, 0) is 29.8 Å². The molecule has 0 radical (unpaired) electrons. The number of rotatable bonds is 6. The number of ether oxygens (including phenoxy) is 1. The number of benzene rings is 2. The normalized spacial score (nSPS) is 13.4. The lowest BCUT2D eigenvalue weighted by molar-refractivity contribution is -0.146. The van der Waals surface area contributed by atoms with Crippen molar-refractivity contribution in [2.24, 2.45) is 5.73 Å². The molecule has 0 saturated heterocycles. The number of carbonyl (C=O) groups is 1. The van der Waals surface area contributed by atoms with Crippen molar-refractivity contribution >= 4 is 17.7 Å². The fourth-order valence-electron chi connectivity index (χ4n) is 2.09. The van der Waals surface area contributed by atoms with Gasteiger partial charge in [-0.25, -0.2) is 4.39 Å². The van der Waals surface area contributed by atoms with Crippen molar-refractivity contribution in [1.82, 2.24) is 0 Å². The Morgan fingerprint density at radius 2 is 1.82 bits per heavy atom. The van der Waals surface area contributed by atoms with Crippen LogP contribution in [0, 0.1) is 5.82 Å². The molecule has 0 bridgehead atoms. The summed E-state index contributed by atoms with van der Waals surface area (Å²) in [7, 11) is 1.33. The lowest BCUT2D eigenvalue weighted by atomic mass is 9.94. The van der Waals surface area contributed by atoms with Gasteiger partial charge in [0.1, 0.15) is 11.4 Å². The highest BCUT2D eigenvalue weighted by molar-refractivity contribution is 7.99. The second-order valence-corrected chi connectivity index (χ2v) is 6.10. The molecule has 116 valence electrons. The van der Waals surface area contributed by atoms with Crippen LogP contribution in [0.1, 0.15) is 5.56 Å². The average molecular weight is 319 g/mol. The lowest BCUT2D eigenvalue weighted by Gasteiger charge is -2.26. The Labute approximate surface area is 133 Å². The van der Waals surface area contributed by atoms with E-state index in [2.05, 4.69) is 0 Å². The standard InChI is InChI=1S/C17H18FNO2S/c1-21-16(20)17(19,11-13-5-3-2-4-6-13)12-22-15-9-7-14(18)8-10-15/h2-10H,11-12,19H2,1H3/t17-/m0/s1. The molecule has 0 aromatic heterocycles. The number of nitrogens with two attached hydrogens (primary N) is 1. The van der Waals surface area contributed by atoms with Gasteiger partial charge in [0.05, 0.1) is 7.11 Å². The number of esters is 1. The monoisotopic (exact) mass is 319 g/mol. The first-order valence-electron chi connectivity index (χ1n) is 6.83. The topological polar surface area (TPSA) is 52.3 Å². The van der Waals surface area contributed by atoms with Crippen LogP contribution < -0.4 is 5.73 Å². The van der Waals surface area contributed by atoms with E-state index >= 15 is 0 Å². The van der Waals surface area contributed by atoms with E-state index in [0.29, 0.717) is 12.2 Å².